The molecule has 0 amide bonds. The molecule has 0 fully saturated rings. The molecular weight excluding hydrogens is 434 g/mol. The lowest BCUT2D eigenvalue weighted by Crippen LogP contribution is -2.23. The number of hydrogen-bond acceptors (Lipinski definition) is 5. The van der Waals surface area contributed by atoms with Crippen LogP contribution in [0.25, 0.3) is 10.9 Å². The Balaban J connectivity index is 2.08. The van der Waals surface area contributed by atoms with Gasteiger partial charge in [0.1, 0.15) is 5.82 Å². The molecule has 29 heavy (non-hydrogen) atoms. The molecule has 3 aromatic rings. The first kappa shape index (κ1) is 21.0. The lowest BCUT2D eigenvalue weighted by Gasteiger charge is -2.13. The maximum Gasteiger partial charge on any atom is 0.282 e. The molecule has 1 aromatic heterocycles. The second-order valence-corrected chi connectivity index (χ2v) is 7.64. The van der Waals surface area contributed by atoms with Crippen LogP contribution in [0.3, 0.4) is 0 Å². The van der Waals surface area contributed by atoms with Gasteiger partial charge in [0, 0.05) is 10.4 Å². The van der Waals surface area contributed by atoms with Gasteiger partial charge in [-0.2, -0.15) is 9.78 Å². The molecule has 6 nitrogen and oxygen atoms in total. The zero-order valence-electron chi connectivity index (χ0n) is 17.0. The van der Waals surface area contributed by atoms with Gasteiger partial charge in [0.15, 0.2) is 11.5 Å². The van der Waals surface area contributed by atoms with Crippen molar-refractivity contribution in [3.8, 4) is 11.5 Å². The van der Waals surface area contributed by atoms with Crippen LogP contribution in [0.5, 0.6) is 11.5 Å². The van der Waals surface area contributed by atoms with Gasteiger partial charge in [-0.25, -0.2) is 4.98 Å². The fourth-order valence-corrected chi connectivity index (χ4v) is 3.28. The summed E-state index contributed by atoms with van der Waals surface area (Å²) in [6.07, 6.45) is 1.64. The van der Waals surface area contributed by atoms with E-state index in [1.165, 1.54) is 4.68 Å². The minimum atomic E-state index is -0.202. The molecule has 0 saturated heterocycles. The molecule has 0 aliphatic rings. The molecule has 0 aliphatic carbocycles. The van der Waals surface area contributed by atoms with Crippen LogP contribution in [0.2, 0.25) is 0 Å². The number of fused-ring (bicyclic) bond motifs is 1. The Morgan fingerprint density at radius 1 is 1.10 bits per heavy atom. The van der Waals surface area contributed by atoms with Gasteiger partial charge in [0.2, 0.25) is 0 Å². The molecular formula is C22H24BrN3O3. The fourth-order valence-electron chi connectivity index (χ4n) is 2.92. The van der Waals surface area contributed by atoms with Gasteiger partial charge in [-0.15, -0.1) is 0 Å². The summed E-state index contributed by atoms with van der Waals surface area (Å²) in [6, 6.07) is 11.1. The van der Waals surface area contributed by atoms with E-state index in [1.807, 2.05) is 58.0 Å². The van der Waals surface area contributed by atoms with E-state index >= 15 is 0 Å². The van der Waals surface area contributed by atoms with Crippen LogP contribution in [-0.2, 0) is 0 Å². The van der Waals surface area contributed by atoms with Gasteiger partial charge in [-0.3, -0.25) is 4.79 Å². The smallest absolute Gasteiger partial charge is 0.282 e. The monoisotopic (exact) mass is 457 g/mol. The molecule has 0 N–H and O–H groups in total. The van der Waals surface area contributed by atoms with Crippen molar-refractivity contribution in [3.05, 3.63) is 62.6 Å². The minimum absolute atomic E-state index is 0.0345. The van der Waals surface area contributed by atoms with E-state index in [4.69, 9.17) is 9.47 Å². The van der Waals surface area contributed by atoms with Crippen molar-refractivity contribution in [2.45, 2.75) is 33.6 Å². The Kier molecular flexibility index (Phi) is 6.69. The molecule has 0 spiro atoms. The summed E-state index contributed by atoms with van der Waals surface area (Å²) in [4.78, 5) is 17.7. The maximum atomic E-state index is 13.1. The summed E-state index contributed by atoms with van der Waals surface area (Å²) in [6.45, 7) is 8.91. The number of ether oxygens (including phenoxy) is 2. The van der Waals surface area contributed by atoms with Crippen molar-refractivity contribution in [1.29, 1.82) is 0 Å². The third-order valence-corrected chi connectivity index (χ3v) is 4.73. The minimum Gasteiger partial charge on any atom is -0.490 e. The first-order valence-electron chi connectivity index (χ1n) is 9.60. The summed E-state index contributed by atoms with van der Waals surface area (Å²) in [5, 5.41) is 4.98. The van der Waals surface area contributed by atoms with Crippen LogP contribution in [0.1, 0.15) is 45.0 Å². The number of halogens is 1. The summed E-state index contributed by atoms with van der Waals surface area (Å²) in [7, 11) is 0. The van der Waals surface area contributed by atoms with E-state index in [2.05, 4.69) is 26.0 Å². The van der Waals surface area contributed by atoms with Crippen LogP contribution in [0.4, 0.5) is 0 Å². The van der Waals surface area contributed by atoms with E-state index in [1.54, 1.807) is 12.3 Å². The standard InChI is InChI=1S/C22H24BrN3O3/c1-5-28-19-10-7-15(11-20(19)29-6-2)13-24-26-21(14(3)4)25-18-9-8-16(23)12-17(18)22(26)27/h7-14H,5-6H2,1-4H3. The Bertz CT molecular complexity index is 1110. The van der Waals surface area contributed by atoms with Crippen LogP contribution in [0, 0.1) is 0 Å². The highest BCUT2D eigenvalue weighted by molar-refractivity contribution is 9.10. The van der Waals surface area contributed by atoms with E-state index in [0.29, 0.717) is 41.4 Å². The van der Waals surface area contributed by atoms with Gasteiger partial charge in [0.05, 0.1) is 30.3 Å². The Morgan fingerprint density at radius 2 is 1.83 bits per heavy atom. The average Bonchev–Trinajstić information content (AvgIpc) is 2.69. The van der Waals surface area contributed by atoms with E-state index in [9.17, 15) is 4.79 Å². The number of aromatic nitrogens is 2. The third-order valence-electron chi connectivity index (χ3n) is 4.24. The second kappa shape index (κ2) is 9.22. The van der Waals surface area contributed by atoms with Crippen LogP contribution >= 0.6 is 15.9 Å². The molecule has 0 bridgehead atoms. The first-order valence-corrected chi connectivity index (χ1v) is 10.4. The quantitative estimate of drug-likeness (QED) is 0.470. The van der Waals surface area contributed by atoms with Gasteiger partial charge < -0.3 is 9.47 Å². The van der Waals surface area contributed by atoms with Gasteiger partial charge in [-0.05, 0) is 55.8 Å². The summed E-state index contributed by atoms with van der Waals surface area (Å²) in [5.74, 6) is 1.98. The van der Waals surface area contributed by atoms with Crippen molar-refractivity contribution in [2.75, 3.05) is 13.2 Å². The van der Waals surface area contributed by atoms with Gasteiger partial charge in [0.25, 0.3) is 5.56 Å². The number of nitrogens with zero attached hydrogens (tertiary/aromatic N) is 3. The van der Waals surface area contributed by atoms with E-state index in [0.717, 1.165) is 10.0 Å². The molecule has 0 aliphatic heterocycles. The third kappa shape index (κ3) is 4.67. The summed E-state index contributed by atoms with van der Waals surface area (Å²) < 4.78 is 13.5. The van der Waals surface area contributed by atoms with Crippen LogP contribution in [-0.4, -0.2) is 29.1 Å². The van der Waals surface area contributed by atoms with Crippen molar-refractivity contribution in [2.24, 2.45) is 5.10 Å². The van der Waals surface area contributed by atoms with Crippen molar-refractivity contribution >= 4 is 33.0 Å². The average molecular weight is 458 g/mol. The van der Waals surface area contributed by atoms with Crippen molar-refractivity contribution < 1.29 is 9.47 Å². The second-order valence-electron chi connectivity index (χ2n) is 6.72. The van der Waals surface area contributed by atoms with Crippen LogP contribution < -0.4 is 15.0 Å². The molecule has 152 valence electrons. The highest BCUT2D eigenvalue weighted by Crippen LogP contribution is 2.28. The van der Waals surface area contributed by atoms with E-state index < -0.39 is 0 Å². The topological polar surface area (TPSA) is 65.7 Å². The van der Waals surface area contributed by atoms with Gasteiger partial charge in [-0.1, -0.05) is 29.8 Å². The SMILES string of the molecule is CCOc1ccc(C=Nn2c(C(C)C)nc3ccc(Br)cc3c2=O)cc1OCC. The van der Waals surface area contributed by atoms with Crippen molar-refractivity contribution in [3.63, 3.8) is 0 Å². The highest BCUT2D eigenvalue weighted by atomic mass is 79.9. The first-order chi connectivity index (χ1) is 13.9. The molecule has 0 radical (unpaired) electrons. The molecule has 0 atom stereocenters. The lowest BCUT2D eigenvalue weighted by molar-refractivity contribution is 0.288. The normalized spacial score (nSPS) is 11.5. The Morgan fingerprint density at radius 3 is 2.52 bits per heavy atom. The Labute approximate surface area is 178 Å². The van der Waals surface area contributed by atoms with E-state index in [-0.39, 0.29) is 11.5 Å². The molecule has 2 aromatic carbocycles. The van der Waals surface area contributed by atoms with Crippen molar-refractivity contribution in [1.82, 2.24) is 9.66 Å². The highest BCUT2D eigenvalue weighted by Gasteiger charge is 2.14. The largest absolute Gasteiger partial charge is 0.490 e. The molecule has 3 rings (SSSR count). The zero-order valence-corrected chi connectivity index (χ0v) is 18.6. The molecule has 7 heteroatoms. The van der Waals surface area contributed by atoms with Crippen LogP contribution in [0.15, 0.2) is 50.8 Å². The summed E-state index contributed by atoms with van der Waals surface area (Å²) in [5.41, 5.74) is 1.26. The molecule has 0 saturated carbocycles. The molecule has 1 heterocycles. The number of rotatable bonds is 7. The fraction of sp³-hybridized carbons (Fsp3) is 0.318. The predicted molar refractivity (Wildman–Crippen MR) is 120 cm³/mol. The number of hydrogen-bond donors (Lipinski definition) is 0. The predicted octanol–water partition coefficient (Wildman–Crippen LogP) is 4.96. The number of benzene rings is 2. The maximum absolute atomic E-state index is 13.1. The lowest BCUT2D eigenvalue weighted by atomic mass is 10.2. The van der Waals surface area contributed by atoms with Gasteiger partial charge >= 0.3 is 0 Å². The zero-order chi connectivity index (χ0) is 21.0. The molecule has 0 unspecified atom stereocenters. The summed E-state index contributed by atoms with van der Waals surface area (Å²) >= 11 is 3.42. The Hall–Kier alpha value is -2.67.